The van der Waals surface area contributed by atoms with Gasteiger partial charge >= 0.3 is 11.9 Å². The molecule has 20 heavy (non-hydrogen) atoms. The predicted molar refractivity (Wildman–Crippen MR) is 65.5 cm³/mol. The van der Waals surface area contributed by atoms with Crippen molar-refractivity contribution in [1.29, 1.82) is 0 Å². The molecule has 1 heterocycles. The summed E-state index contributed by atoms with van der Waals surface area (Å²) in [6, 6.07) is 0. The first-order chi connectivity index (χ1) is 9.47. The van der Waals surface area contributed by atoms with Crippen molar-refractivity contribution in [1.82, 2.24) is 0 Å². The molecular formula is C14H14O6. The van der Waals surface area contributed by atoms with Crippen LogP contribution in [0.25, 0.3) is 0 Å². The van der Waals surface area contributed by atoms with Gasteiger partial charge in [0.1, 0.15) is 0 Å². The van der Waals surface area contributed by atoms with Crippen LogP contribution in [0.3, 0.4) is 0 Å². The fourth-order valence-corrected chi connectivity index (χ4v) is 3.28. The third-order valence-electron chi connectivity index (χ3n) is 4.21. The zero-order valence-corrected chi connectivity index (χ0v) is 11.4. The first-order valence-electron chi connectivity index (χ1n) is 6.25. The molecule has 2 bridgehead atoms. The molecule has 0 radical (unpaired) electrons. The lowest BCUT2D eigenvalue weighted by atomic mass is 9.61. The van der Waals surface area contributed by atoms with Gasteiger partial charge in [0.25, 0.3) is 0 Å². The highest BCUT2D eigenvalue weighted by Crippen LogP contribution is 2.55. The van der Waals surface area contributed by atoms with E-state index in [0.717, 1.165) is 5.57 Å². The summed E-state index contributed by atoms with van der Waals surface area (Å²) in [4.78, 5) is 36.5. The Hall–Kier alpha value is -1.95. The van der Waals surface area contributed by atoms with Crippen LogP contribution >= 0.6 is 0 Å². The molecule has 0 saturated carbocycles. The van der Waals surface area contributed by atoms with E-state index in [2.05, 4.69) is 0 Å². The third kappa shape index (κ3) is 1.39. The Kier molecular flexibility index (Phi) is 2.62. The monoisotopic (exact) mass is 278 g/mol. The minimum absolute atomic E-state index is 0.0843. The summed E-state index contributed by atoms with van der Waals surface area (Å²) in [5.41, 5.74) is 0.146. The second-order valence-electron chi connectivity index (χ2n) is 5.17. The first-order valence-corrected chi connectivity index (χ1v) is 6.25. The SMILES string of the molecule is COC(=O)C1=C(C(=O)OC)[C@H]2C(C)=C[C@@H]1C(=O)[C@]21CO1. The van der Waals surface area contributed by atoms with Gasteiger partial charge in [-0.05, 0) is 6.92 Å². The van der Waals surface area contributed by atoms with Gasteiger partial charge in [-0.15, -0.1) is 0 Å². The number of Topliss-reactive ketones (excluding diaryl/α,β-unsaturated/α-hetero) is 1. The highest BCUT2D eigenvalue weighted by atomic mass is 16.6. The normalized spacial score (nSPS) is 34.1. The van der Waals surface area contributed by atoms with Gasteiger partial charge in [-0.3, -0.25) is 4.79 Å². The lowest BCUT2D eigenvalue weighted by Gasteiger charge is -2.39. The maximum atomic E-state index is 12.4. The van der Waals surface area contributed by atoms with Gasteiger partial charge in [0.05, 0.1) is 43.8 Å². The average molecular weight is 278 g/mol. The van der Waals surface area contributed by atoms with E-state index in [4.69, 9.17) is 14.2 Å². The smallest absolute Gasteiger partial charge is 0.335 e. The minimum Gasteiger partial charge on any atom is -0.466 e. The van der Waals surface area contributed by atoms with Gasteiger partial charge < -0.3 is 14.2 Å². The van der Waals surface area contributed by atoms with Gasteiger partial charge in [-0.2, -0.15) is 0 Å². The summed E-state index contributed by atoms with van der Waals surface area (Å²) in [7, 11) is 2.46. The van der Waals surface area contributed by atoms with Gasteiger partial charge in [0.2, 0.25) is 0 Å². The second-order valence-corrected chi connectivity index (χ2v) is 5.17. The van der Waals surface area contributed by atoms with Crippen LogP contribution in [0.4, 0.5) is 0 Å². The minimum atomic E-state index is -0.982. The van der Waals surface area contributed by atoms with Crippen molar-refractivity contribution in [2.24, 2.45) is 11.8 Å². The van der Waals surface area contributed by atoms with E-state index in [9.17, 15) is 14.4 Å². The Morgan fingerprint density at radius 3 is 2.30 bits per heavy atom. The molecule has 0 N–H and O–H groups in total. The van der Waals surface area contributed by atoms with Crippen LogP contribution in [0.2, 0.25) is 0 Å². The summed E-state index contributed by atoms with van der Waals surface area (Å²) in [5, 5.41) is 0. The van der Waals surface area contributed by atoms with Crippen LogP contribution in [0.1, 0.15) is 6.92 Å². The van der Waals surface area contributed by atoms with Crippen molar-refractivity contribution in [3.8, 4) is 0 Å². The topological polar surface area (TPSA) is 82.2 Å². The fraction of sp³-hybridized carbons (Fsp3) is 0.500. The summed E-state index contributed by atoms with van der Waals surface area (Å²) in [6.45, 7) is 2.09. The molecule has 0 aromatic carbocycles. The molecule has 3 aliphatic carbocycles. The maximum Gasteiger partial charge on any atom is 0.335 e. The van der Waals surface area contributed by atoms with E-state index in [1.807, 2.05) is 6.92 Å². The van der Waals surface area contributed by atoms with E-state index in [1.165, 1.54) is 14.2 Å². The summed E-state index contributed by atoms with van der Waals surface area (Å²) >= 11 is 0. The molecule has 1 saturated heterocycles. The Morgan fingerprint density at radius 1 is 1.25 bits per heavy atom. The molecule has 1 aliphatic heterocycles. The lowest BCUT2D eigenvalue weighted by Crippen LogP contribution is -2.51. The fourth-order valence-electron chi connectivity index (χ4n) is 3.28. The number of rotatable bonds is 2. The van der Waals surface area contributed by atoms with Gasteiger partial charge in [0.15, 0.2) is 11.4 Å². The van der Waals surface area contributed by atoms with Crippen molar-refractivity contribution < 1.29 is 28.6 Å². The van der Waals surface area contributed by atoms with Crippen LogP contribution in [-0.2, 0) is 28.6 Å². The largest absolute Gasteiger partial charge is 0.466 e. The van der Waals surface area contributed by atoms with Crippen molar-refractivity contribution in [2.45, 2.75) is 12.5 Å². The molecule has 1 fully saturated rings. The molecule has 4 aliphatic rings. The number of epoxide rings is 1. The summed E-state index contributed by atoms with van der Waals surface area (Å²) in [6.07, 6.45) is 1.71. The molecule has 6 heteroatoms. The number of esters is 2. The highest BCUT2D eigenvalue weighted by molar-refractivity contribution is 6.13. The van der Waals surface area contributed by atoms with E-state index in [-0.39, 0.29) is 23.5 Å². The zero-order valence-electron chi connectivity index (χ0n) is 11.4. The Labute approximate surface area is 115 Å². The predicted octanol–water partition coefficient (Wildman–Crippen LogP) is 0.173. The van der Waals surface area contributed by atoms with E-state index in [1.54, 1.807) is 6.08 Å². The first kappa shape index (κ1) is 13.1. The number of hydrogen-bond acceptors (Lipinski definition) is 6. The molecule has 0 amide bonds. The molecular weight excluding hydrogens is 264 g/mol. The average Bonchev–Trinajstić information content (AvgIpc) is 3.23. The number of allylic oxidation sites excluding steroid dienone is 1. The van der Waals surface area contributed by atoms with Crippen LogP contribution in [0.15, 0.2) is 22.8 Å². The molecule has 0 aromatic rings. The van der Waals surface area contributed by atoms with Crippen LogP contribution in [0, 0.1) is 11.8 Å². The van der Waals surface area contributed by atoms with Crippen molar-refractivity contribution in [3.63, 3.8) is 0 Å². The zero-order chi connectivity index (χ0) is 14.7. The molecule has 106 valence electrons. The lowest BCUT2D eigenvalue weighted by molar-refractivity contribution is -0.143. The Bertz CT molecular complexity index is 593. The second kappa shape index (κ2) is 4.02. The third-order valence-corrected chi connectivity index (χ3v) is 4.21. The number of carbonyl (C=O) groups is 3. The molecule has 1 spiro atoms. The number of carbonyl (C=O) groups excluding carboxylic acids is 3. The molecule has 4 rings (SSSR count). The maximum absolute atomic E-state index is 12.4. The van der Waals surface area contributed by atoms with Gasteiger partial charge in [-0.1, -0.05) is 11.6 Å². The van der Waals surface area contributed by atoms with Crippen LogP contribution in [0.5, 0.6) is 0 Å². The van der Waals surface area contributed by atoms with Crippen LogP contribution in [-0.4, -0.2) is 44.1 Å². The van der Waals surface area contributed by atoms with E-state index >= 15 is 0 Å². The summed E-state index contributed by atoms with van der Waals surface area (Å²) < 4.78 is 14.8. The van der Waals surface area contributed by atoms with Crippen molar-refractivity contribution >= 4 is 17.7 Å². The van der Waals surface area contributed by atoms with Crippen molar-refractivity contribution in [2.75, 3.05) is 20.8 Å². The van der Waals surface area contributed by atoms with Gasteiger partial charge in [-0.25, -0.2) is 9.59 Å². The Morgan fingerprint density at radius 2 is 1.80 bits per heavy atom. The van der Waals surface area contributed by atoms with E-state index < -0.39 is 29.4 Å². The number of hydrogen-bond donors (Lipinski definition) is 0. The standard InChI is InChI=1S/C14H14O6/c1-6-4-7-8(12(16)18-2)9(13(17)19-3)10(6)14(5-20-14)11(7)15/h4,7,10H,5H2,1-3H3/t7-,10+,14-/m0/s1. The number of ether oxygens (including phenoxy) is 3. The molecule has 3 atom stereocenters. The van der Waals surface area contributed by atoms with Crippen molar-refractivity contribution in [3.05, 3.63) is 22.8 Å². The number of ketones is 1. The quantitative estimate of drug-likeness (QED) is 0.407. The summed E-state index contributed by atoms with van der Waals surface area (Å²) in [5.74, 6) is -2.81. The molecule has 0 unspecified atom stereocenters. The van der Waals surface area contributed by atoms with Crippen LogP contribution < -0.4 is 0 Å². The Balaban J connectivity index is 2.22. The van der Waals surface area contributed by atoms with Gasteiger partial charge in [0, 0.05) is 0 Å². The molecule has 0 aromatic heterocycles. The highest BCUT2D eigenvalue weighted by Gasteiger charge is 2.68. The van der Waals surface area contributed by atoms with E-state index in [0.29, 0.717) is 0 Å². The number of methoxy groups -OCH3 is 2. The molecule has 6 nitrogen and oxygen atoms in total.